The highest BCUT2D eigenvalue weighted by Gasteiger charge is 2.24. The highest BCUT2D eigenvalue weighted by Crippen LogP contribution is 2.21. The first-order chi connectivity index (χ1) is 12.1. The van der Waals surface area contributed by atoms with Crippen LogP contribution in [-0.2, 0) is 10.0 Å². The third kappa shape index (κ3) is 4.82. The van der Waals surface area contributed by atoms with Crippen molar-refractivity contribution in [1.29, 1.82) is 0 Å². The summed E-state index contributed by atoms with van der Waals surface area (Å²) >= 11 is 0. The topological polar surface area (TPSA) is 66.5 Å². The van der Waals surface area contributed by atoms with Gasteiger partial charge in [-0.05, 0) is 43.9 Å². The van der Waals surface area contributed by atoms with E-state index in [0.29, 0.717) is 5.56 Å². The molecule has 1 aromatic carbocycles. The van der Waals surface area contributed by atoms with E-state index in [1.54, 1.807) is 18.2 Å². The molecule has 0 bridgehead atoms. The predicted molar refractivity (Wildman–Crippen MR) is 98.0 cm³/mol. The van der Waals surface area contributed by atoms with Crippen LogP contribution in [0.25, 0.3) is 0 Å². The molecule has 0 atom stereocenters. The number of nitrogens with one attached hydrogen (secondary N) is 1. The van der Waals surface area contributed by atoms with Gasteiger partial charge < -0.3 is 4.90 Å². The summed E-state index contributed by atoms with van der Waals surface area (Å²) in [6.45, 7) is 1.52. The normalized spacial score (nSPS) is 20.2. The second kappa shape index (κ2) is 8.32. The van der Waals surface area contributed by atoms with Gasteiger partial charge in [-0.2, -0.15) is 0 Å². The third-order valence-corrected chi connectivity index (χ3v) is 6.73. The second-order valence-corrected chi connectivity index (χ2v) is 8.90. The smallest absolute Gasteiger partial charge is 0.253 e. The van der Waals surface area contributed by atoms with Crippen LogP contribution in [-0.4, -0.2) is 38.4 Å². The maximum absolute atomic E-state index is 12.8. The van der Waals surface area contributed by atoms with Crippen molar-refractivity contribution in [2.24, 2.45) is 0 Å². The summed E-state index contributed by atoms with van der Waals surface area (Å²) in [6, 6.07) is 6.51. The molecule has 0 unspecified atom stereocenters. The van der Waals surface area contributed by atoms with E-state index in [1.165, 1.54) is 12.5 Å². The Kier molecular flexibility index (Phi) is 6.12. The van der Waals surface area contributed by atoms with E-state index in [4.69, 9.17) is 0 Å². The van der Waals surface area contributed by atoms with Crippen LogP contribution in [0.2, 0.25) is 0 Å². The van der Waals surface area contributed by atoms with Crippen molar-refractivity contribution in [1.82, 2.24) is 9.62 Å². The van der Waals surface area contributed by atoms with Crippen LogP contribution in [0.5, 0.6) is 0 Å². The lowest BCUT2D eigenvalue weighted by atomic mass is 10.1. The van der Waals surface area contributed by atoms with Gasteiger partial charge >= 0.3 is 0 Å². The van der Waals surface area contributed by atoms with Gasteiger partial charge in [0.1, 0.15) is 0 Å². The standard InChI is InChI=1S/C19H28N2O3S/c22-19(21-13-6-2-1-3-7-14-21)16-9-8-12-18(15-16)25(23,24)20-17-10-4-5-11-17/h8-9,12,15,17,20H,1-7,10-11,13-14H2. The van der Waals surface area contributed by atoms with E-state index in [-0.39, 0.29) is 16.8 Å². The Hall–Kier alpha value is -1.40. The molecule has 1 saturated carbocycles. The Balaban J connectivity index is 1.74. The molecule has 138 valence electrons. The molecule has 5 nitrogen and oxygen atoms in total. The zero-order chi connectivity index (χ0) is 17.7. The van der Waals surface area contributed by atoms with Crippen molar-refractivity contribution in [3.05, 3.63) is 29.8 Å². The average molecular weight is 365 g/mol. The van der Waals surface area contributed by atoms with Gasteiger partial charge in [0.15, 0.2) is 0 Å². The average Bonchev–Trinajstić information content (AvgIpc) is 3.06. The molecule has 1 heterocycles. The molecule has 6 heteroatoms. The number of sulfonamides is 1. The fourth-order valence-electron chi connectivity index (χ4n) is 3.76. The Bertz CT molecular complexity index is 688. The van der Waals surface area contributed by atoms with Gasteiger partial charge in [-0.25, -0.2) is 13.1 Å². The number of likely N-dealkylation sites (tertiary alicyclic amines) is 1. The zero-order valence-corrected chi connectivity index (χ0v) is 15.6. The highest BCUT2D eigenvalue weighted by molar-refractivity contribution is 7.89. The molecule has 1 aliphatic heterocycles. The van der Waals surface area contributed by atoms with Crippen LogP contribution >= 0.6 is 0 Å². The summed E-state index contributed by atoms with van der Waals surface area (Å²) in [5, 5.41) is 0. The lowest BCUT2D eigenvalue weighted by Crippen LogP contribution is -2.34. The summed E-state index contributed by atoms with van der Waals surface area (Å²) in [4.78, 5) is 14.9. The van der Waals surface area contributed by atoms with E-state index in [9.17, 15) is 13.2 Å². The van der Waals surface area contributed by atoms with Crippen molar-refractivity contribution in [2.75, 3.05) is 13.1 Å². The summed E-state index contributed by atoms with van der Waals surface area (Å²) < 4.78 is 28.0. The lowest BCUT2D eigenvalue weighted by molar-refractivity contribution is 0.0742. The Labute approximate surface area is 150 Å². The van der Waals surface area contributed by atoms with E-state index in [1.807, 2.05) is 4.90 Å². The summed E-state index contributed by atoms with van der Waals surface area (Å²) in [6.07, 6.45) is 9.52. The quantitative estimate of drug-likeness (QED) is 0.891. The number of benzene rings is 1. The minimum absolute atomic E-state index is 0.0266. The van der Waals surface area contributed by atoms with Crippen molar-refractivity contribution in [3.63, 3.8) is 0 Å². The first-order valence-electron chi connectivity index (χ1n) is 9.48. The van der Waals surface area contributed by atoms with Gasteiger partial charge in [0, 0.05) is 24.7 Å². The van der Waals surface area contributed by atoms with Crippen LogP contribution in [0.1, 0.15) is 68.1 Å². The Morgan fingerprint density at radius 1 is 0.960 bits per heavy atom. The lowest BCUT2D eigenvalue weighted by Gasteiger charge is -2.25. The fourth-order valence-corrected chi connectivity index (χ4v) is 5.11. The molecule has 0 spiro atoms. The Morgan fingerprint density at radius 3 is 2.28 bits per heavy atom. The molecule has 1 aliphatic carbocycles. The summed E-state index contributed by atoms with van der Waals surface area (Å²) in [5.74, 6) is -0.0557. The number of rotatable bonds is 4. The molecular weight excluding hydrogens is 336 g/mol. The third-order valence-electron chi connectivity index (χ3n) is 5.21. The maximum Gasteiger partial charge on any atom is 0.253 e. The largest absolute Gasteiger partial charge is 0.339 e. The number of amides is 1. The van der Waals surface area contributed by atoms with Crippen LogP contribution in [0.4, 0.5) is 0 Å². The van der Waals surface area contributed by atoms with E-state index in [2.05, 4.69) is 4.72 Å². The first kappa shape index (κ1) is 18.4. The summed E-state index contributed by atoms with van der Waals surface area (Å²) in [7, 11) is -3.56. The molecule has 1 aromatic rings. The highest BCUT2D eigenvalue weighted by atomic mass is 32.2. The van der Waals surface area contributed by atoms with Crippen LogP contribution in [0, 0.1) is 0 Å². The minimum atomic E-state index is -3.56. The zero-order valence-electron chi connectivity index (χ0n) is 14.7. The van der Waals surface area contributed by atoms with Gasteiger partial charge in [0.2, 0.25) is 10.0 Å². The van der Waals surface area contributed by atoms with Crippen molar-refractivity contribution in [3.8, 4) is 0 Å². The van der Waals surface area contributed by atoms with Gasteiger partial charge in [0.05, 0.1) is 4.90 Å². The SMILES string of the molecule is O=C(c1cccc(S(=O)(=O)NC2CCCC2)c1)N1CCCCCCC1. The molecule has 1 amide bonds. The van der Waals surface area contributed by atoms with Gasteiger partial charge in [-0.1, -0.05) is 38.2 Å². The first-order valence-corrected chi connectivity index (χ1v) is 11.0. The van der Waals surface area contributed by atoms with Gasteiger partial charge in [0.25, 0.3) is 5.91 Å². The molecule has 1 N–H and O–H groups in total. The van der Waals surface area contributed by atoms with Crippen LogP contribution in [0.15, 0.2) is 29.2 Å². The number of carbonyl (C=O) groups is 1. The minimum Gasteiger partial charge on any atom is -0.339 e. The molecule has 2 fully saturated rings. The molecule has 0 radical (unpaired) electrons. The molecular formula is C19H28N2O3S. The van der Waals surface area contributed by atoms with Crippen LogP contribution in [0.3, 0.4) is 0 Å². The monoisotopic (exact) mass is 364 g/mol. The van der Waals surface area contributed by atoms with Crippen LogP contribution < -0.4 is 4.72 Å². The molecule has 0 aromatic heterocycles. The van der Waals surface area contributed by atoms with E-state index in [0.717, 1.165) is 64.5 Å². The predicted octanol–water partition coefficient (Wildman–Crippen LogP) is 3.31. The number of hydrogen-bond donors (Lipinski definition) is 1. The summed E-state index contributed by atoms with van der Waals surface area (Å²) in [5.41, 5.74) is 0.467. The van der Waals surface area contributed by atoms with Gasteiger partial charge in [-0.15, -0.1) is 0 Å². The number of carbonyl (C=O) groups excluding carboxylic acids is 1. The number of hydrogen-bond acceptors (Lipinski definition) is 3. The molecule has 1 saturated heterocycles. The van der Waals surface area contributed by atoms with Crippen molar-refractivity contribution >= 4 is 15.9 Å². The van der Waals surface area contributed by atoms with Crippen molar-refractivity contribution in [2.45, 2.75) is 68.7 Å². The van der Waals surface area contributed by atoms with Crippen molar-refractivity contribution < 1.29 is 13.2 Å². The number of nitrogens with zero attached hydrogens (tertiary/aromatic N) is 1. The van der Waals surface area contributed by atoms with E-state index >= 15 is 0 Å². The Morgan fingerprint density at radius 2 is 1.60 bits per heavy atom. The van der Waals surface area contributed by atoms with E-state index < -0.39 is 10.0 Å². The molecule has 25 heavy (non-hydrogen) atoms. The maximum atomic E-state index is 12.8. The second-order valence-electron chi connectivity index (χ2n) is 7.19. The fraction of sp³-hybridized carbons (Fsp3) is 0.632. The molecule has 2 aliphatic rings. The molecule has 3 rings (SSSR count). The van der Waals surface area contributed by atoms with Gasteiger partial charge in [-0.3, -0.25) is 4.79 Å².